The molecule has 0 bridgehead atoms. The minimum absolute atomic E-state index is 0.880. The topological polar surface area (TPSA) is 12.9 Å². The van der Waals surface area contributed by atoms with Crippen LogP contribution in [0.15, 0.2) is 18.3 Å². The van der Waals surface area contributed by atoms with Crippen LogP contribution in [0.4, 0.5) is 0 Å². The monoisotopic (exact) mass is 143 g/mol. The van der Waals surface area contributed by atoms with E-state index in [4.69, 9.17) is 0 Å². The first-order chi connectivity index (χ1) is 5.29. The van der Waals surface area contributed by atoms with E-state index < -0.39 is 0 Å². The number of hydrogen-bond acceptors (Lipinski definition) is 1. The third-order valence-electron chi connectivity index (χ3n) is 1.97. The molecule has 0 aliphatic heterocycles. The van der Waals surface area contributed by atoms with Crippen molar-refractivity contribution in [3.05, 3.63) is 34.5 Å². The van der Waals surface area contributed by atoms with E-state index in [1.807, 2.05) is 6.07 Å². The van der Waals surface area contributed by atoms with Crippen LogP contribution < -0.4 is 10.6 Å². The quantitative estimate of drug-likeness (QED) is 0.520. The number of hydrogen-bond donors (Lipinski definition) is 0. The molecule has 0 amide bonds. The van der Waals surface area contributed by atoms with Gasteiger partial charge in [-0.25, -0.2) is 0 Å². The SMILES string of the molecule is C=c1nccc2c1=C(C)C=C2. The van der Waals surface area contributed by atoms with Crippen molar-refractivity contribution in [2.75, 3.05) is 0 Å². The predicted molar refractivity (Wildman–Crippen MR) is 47.1 cm³/mol. The maximum absolute atomic E-state index is 4.13. The molecule has 0 saturated carbocycles. The number of allylic oxidation sites excluding steroid dienone is 1. The van der Waals surface area contributed by atoms with Crippen molar-refractivity contribution >= 4 is 18.2 Å². The average molecular weight is 143 g/mol. The van der Waals surface area contributed by atoms with Gasteiger partial charge in [-0.3, -0.25) is 4.98 Å². The Labute approximate surface area is 65.4 Å². The first-order valence-electron chi connectivity index (χ1n) is 3.62. The van der Waals surface area contributed by atoms with Gasteiger partial charge in [0.15, 0.2) is 0 Å². The molecule has 1 nitrogen and oxygen atoms in total. The molecule has 0 unspecified atom stereocenters. The highest BCUT2D eigenvalue weighted by atomic mass is 14.6. The molecule has 54 valence electrons. The second kappa shape index (κ2) is 2.06. The van der Waals surface area contributed by atoms with Crippen molar-refractivity contribution in [3.8, 4) is 0 Å². The second-order valence-corrected chi connectivity index (χ2v) is 2.74. The highest BCUT2D eigenvalue weighted by molar-refractivity contribution is 5.73. The lowest BCUT2D eigenvalue weighted by Gasteiger charge is -1.90. The Morgan fingerprint density at radius 2 is 2.18 bits per heavy atom. The van der Waals surface area contributed by atoms with E-state index in [2.05, 4.69) is 30.6 Å². The van der Waals surface area contributed by atoms with Crippen molar-refractivity contribution in [2.45, 2.75) is 6.92 Å². The Balaban J connectivity index is 3.03. The molecule has 1 heterocycles. The molecule has 0 saturated heterocycles. The third-order valence-corrected chi connectivity index (χ3v) is 1.97. The first kappa shape index (κ1) is 6.35. The fourth-order valence-electron chi connectivity index (χ4n) is 1.41. The van der Waals surface area contributed by atoms with Gasteiger partial charge in [-0.1, -0.05) is 18.7 Å². The minimum Gasteiger partial charge on any atom is -0.257 e. The molecular formula is C10H9N. The van der Waals surface area contributed by atoms with Gasteiger partial charge in [0.25, 0.3) is 0 Å². The molecule has 1 aliphatic carbocycles. The summed E-state index contributed by atoms with van der Waals surface area (Å²) in [5, 5.41) is 2.08. The van der Waals surface area contributed by atoms with Crippen molar-refractivity contribution in [1.82, 2.24) is 4.98 Å². The van der Waals surface area contributed by atoms with Crippen molar-refractivity contribution in [2.24, 2.45) is 0 Å². The van der Waals surface area contributed by atoms with Crippen molar-refractivity contribution in [3.63, 3.8) is 0 Å². The van der Waals surface area contributed by atoms with Crippen LogP contribution in [0.5, 0.6) is 0 Å². The molecule has 0 radical (unpaired) electrons. The van der Waals surface area contributed by atoms with Gasteiger partial charge in [0.05, 0.1) is 5.35 Å². The summed E-state index contributed by atoms with van der Waals surface area (Å²) in [6, 6.07) is 2.01. The largest absolute Gasteiger partial charge is 0.257 e. The summed E-state index contributed by atoms with van der Waals surface area (Å²) in [5.74, 6) is 0. The predicted octanol–water partition coefficient (Wildman–Crippen LogP) is 0.689. The summed E-state index contributed by atoms with van der Waals surface area (Å²) in [4.78, 5) is 4.13. The van der Waals surface area contributed by atoms with Gasteiger partial charge in [-0.15, -0.1) is 0 Å². The van der Waals surface area contributed by atoms with E-state index in [-0.39, 0.29) is 0 Å². The highest BCUT2D eigenvalue weighted by Crippen LogP contribution is 2.05. The standard InChI is InChI=1S/C10H9N/c1-7-3-4-9-5-6-11-8(2)10(7)9/h3-6H,2H2,1H3. The number of nitrogens with zero attached hydrogens (tertiary/aromatic N) is 1. The maximum Gasteiger partial charge on any atom is 0.0638 e. The molecule has 0 N–H and O–H groups in total. The number of rotatable bonds is 0. The van der Waals surface area contributed by atoms with Crippen LogP contribution in [-0.2, 0) is 0 Å². The van der Waals surface area contributed by atoms with Gasteiger partial charge in [-0.05, 0) is 24.1 Å². The maximum atomic E-state index is 4.13. The second-order valence-electron chi connectivity index (χ2n) is 2.74. The van der Waals surface area contributed by atoms with Crippen LogP contribution in [0.1, 0.15) is 12.5 Å². The summed E-state index contributed by atoms with van der Waals surface area (Å²) in [5.41, 5.74) is 2.50. The summed E-state index contributed by atoms with van der Waals surface area (Å²) >= 11 is 0. The van der Waals surface area contributed by atoms with E-state index in [1.165, 1.54) is 16.4 Å². The molecule has 0 fully saturated rings. The molecule has 1 aromatic rings. The van der Waals surface area contributed by atoms with E-state index >= 15 is 0 Å². The molecule has 0 aromatic carbocycles. The third kappa shape index (κ3) is 0.811. The van der Waals surface area contributed by atoms with Crippen LogP contribution in [0.25, 0.3) is 18.2 Å². The van der Waals surface area contributed by atoms with Crippen LogP contribution in [-0.4, -0.2) is 4.98 Å². The fraction of sp³-hybridized carbons (Fsp3) is 0.100. The van der Waals surface area contributed by atoms with Crippen LogP contribution in [0.3, 0.4) is 0 Å². The van der Waals surface area contributed by atoms with Gasteiger partial charge in [0.2, 0.25) is 0 Å². The number of fused-ring (bicyclic) bond motifs is 1. The smallest absolute Gasteiger partial charge is 0.0638 e. The zero-order chi connectivity index (χ0) is 7.84. The summed E-state index contributed by atoms with van der Waals surface area (Å²) < 4.78 is 0. The molecule has 1 aliphatic rings. The molecule has 0 spiro atoms. The lowest BCUT2D eigenvalue weighted by Crippen LogP contribution is -2.28. The summed E-state index contributed by atoms with van der Waals surface area (Å²) in [6.45, 7) is 5.95. The highest BCUT2D eigenvalue weighted by Gasteiger charge is 2.00. The molecule has 1 aromatic heterocycles. The normalized spacial score (nSPS) is 13.7. The Hall–Kier alpha value is -1.37. The molecule has 0 atom stereocenters. The Morgan fingerprint density at radius 3 is 2.91 bits per heavy atom. The summed E-state index contributed by atoms with van der Waals surface area (Å²) in [7, 11) is 0. The lowest BCUT2D eigenvalue weighted by molar-refractivity contribution is 1.22. The fourth-order valence-corrected chi connectivity index (χ4v) is 1.41. The average Bonchev–Trinajstić information content (AvgIpc) is 2.34. The number of aromatic nitrogens is 1. The molecular weight excluding hydrogens is 134 g/mol. The van der Waals surface area contributed by atoms with Crippen molar-refractivity contribution < 1.29 is 0 Å². The van der Waals surface area contributed by atoms with E-state index in [0.717, 1.165) is 5.35 Å². The van der Waals surface area contributed by atoms with E-state index in [0.29, 0.717) is 0 Å². The van der Waals surface area contributed by atoms with Gasteiger partial charge >= 0.3 is 0 Å². The first-order valence-corrected chi connectivity index (χ1v) is 3.62. The Bertz CT molecular complexity index is 427. The molecule has 1 heteroatoms. The lowest BCUT2D eigenvalue weighted by atomic mass is 10.2. The van der Waals surface area contributed by atoms with E-state index in [1.54, 1.807) is 6.20 Å². The van der Waals surface area contributed by atoms with Crippen LogP contribution >= 0.6 is 0 Å². The summed E-state index contributed by atoms with van der Waals surface area (Å²) in [6.07, 6.45) is 5.99. The Kier molecular flexibility index (Phi) is 1.19. The van der Waals surface area contributed by atoms with Crippen LogP contribution in [0, 0.1) is 0 Å². The van der Waals surface area contributed by atoms with Crippen LogP contribution in [0.2, 0.25) is 0 Å². The van der Waals surface area contributed by atoms with E-state index in [9.17, 15) is 0 Å². The molecule has 11 heavy (non-hydrogen) atoms. The van der Waals surface area contributed by atoms with Gasteiger partial charge < -0.3 is 0 Å². The number of pyridine rings is 1. The van der Waals surface area contributed by atoms with Crippen molar-refractivity contribution in [1.29, 1.82) is 0 Å². The van der Waals surface area contributed by atoms with Gasteiger partial charge in [-0.2, -0.15) is 0 Å². The minimum atomic E-state index is 0.880. The van der Waals surface area contributed by atoms with Gasteiger partial charge in [0, 0.05) is 11.4 Å². The molecule has 2 rings (SSSR count). The zero-order valence-electron chi connectivity index (χ0n) is 6.46. The Morgan fingerprint density at radius 1 is 1.36 bits per heavy atom. The van der Waals surface area contributed by atoms with Gasteiger partial charge in [0.1, 0.15) is 0 Å². The zero-order valence-corrected chi connectivity index (χ0v) is 6.46.